The van der Waals surface area contributed by atoms with E-state index in [0.29, 0.717) is 0 Å². The molecule has 94 heavy (non-hydrogen) atoms. The fraction of sp³-hybridized carbons (Fsp3) is 0.0930. The van der Waals surface area contributed by atoms with Crippen molar-refractivity contribution >= 4 is 76.2 Å². The van der Waals surface area contributed by atoms with Gasteiger partial charge < -0.3 is 37.9 Å². The summed E-state index contributed by atoms with van der Waals surface area (Å²) < 4.78 is 46.6. The largest absolute Gasteiger partial charge is 0.497 e. The summed E-state index contributed by atoms with van der Waals surface area (Å²) in [4.78, 5) is 0. The number of ether oxygens (including phenoxy) is 8. The van der Waals surface area contributed by atoms with Crippen LogP contribution < -0.4 is 58.8 Å². The Labute approximate surface area is 546 Å². The minimum atomic E-state index is 0.765. The zero-order valence-corrected chi connectivity index (χ0v) is 53.7. The summed E-state index contributed by atoms with van der Waals surface area (Å²) in [7, 11) is 13.7. The maximum absolute atomic E-state index is 5.82. The van der Waals surface area contributed by atoms with Crippen molar-refractivity contribution in [1.29, 1.82) is 0 Å². The Kier molecular flexibility index (Phi) is 16.5. The summed E-state index contributed by atoms with van der Waals surface area (Å²) in [6, 6.07) is 95.0. The predicted octanol–water partition coefficient (Wildman–Crippen LogP) is 16.5. The van der Waals surface area contributed by atoms with E-state index in [1.54, 1.807) is 56.9 Å². The Hall–Kier alpha value is -11.7. The van der Waals surface area contributed by atoms with Crippen LogP contribution in [0.15, 0.2) is 267 Å². The fourth-order valence-corrected chi connectivity index (χ4v) is 13.6. The maximum Gasteiger partial charge on any atom is 0.118 e. The van der Waals surface area contributed by atoms with Crippen molar-refractivity contribution in [2.45, 2.75) is 0 Å². The second-order valence-corrected chi connectivity index (χ2v) is 23.1. The van der Waals surface area contributed by atoms with Crippen molar-refractivity contribution in [3.05, 3.63) is 332 Å². The molecular formula is C86H68O8. The zero-order chi connectivity index (χ0) is 64.4. The topological polar surface area (TPSA) is 73.8 Å². The monoisotopic (exact) mass is 1230 g/mol. The van der Waals surface area contributed by atoms with Gasteiger partial charge in [0.2, 0.25) is 0 Å². The summed E-state index contributed by atoms with van der Waals surface area (Å²) in [5.41, 5.74) is 12.4. The van der Waals surface area contributed by atoms with Crippen LogP contribution in [0.4, 0.5) is 0 Å². The molecule has 14 rings (SSSR count). The van der Waals surface area contributed by atoms with Gasteiger partial charge in [-0.2, -0.15) is 0 Å². The average molecular weight is 1230 g/mol. The Balaban J connectivity index is 1.30. The van der Waals surface area contributed by atoms with Gasteiger partial charge in [0, 0.05) is 0 Å². The molecule has 0 aliphatic carbocycles. The lowest BCUT2D eigenvalue weighted by Gasteiger charge is -2.20. The van der Waals surface area contributed by atoms with Crippen LogP contribution >= 0.6 is 0 Å². The third-order valence-electron chi connectivity index (χ3n) is 18.2. The number of methoxy groups -OCH3 is 8. The van der Waals surface area contributed by atoms with Gasteiger partial charge in [0.15, 0.2) is 0 Å². The van der Waals surface area contributed by atoms with Crippen LogP contribution in [0.1, 0.15) is 44.5 Å². The average Bonchev–Trinajstić information content (AvgIpc) is 0.712. The minimum absolute atomic E-state index is 0.765. The Bertz CT molecular complexity index is 4550. The molecule has 8 nitrogen and oxygen atoms in total. The number of hydrogen-bond donors (Lipinski definition) is 0. The van der Waals surface area contributed by atoms with Gasteiger partial charge in [-0.3, -0.25) is 0 Å². The van der Waals surface area contributed by atoms with Crippen LogP contribution in [0.3, 0.4) is 0 Å². The van der Waals surface area contributed by atoms with Crippen LogP contribution in [-0.2, 0) is 0 Å². The first-order valence-corrected chi connectivity index (χ1v) is 31.2. The van der Waals surface area contributed by atoms with Gasteiger partial charge in [0.05, 0.1) is 56.9 Å². The quantitative estimate of drug-likeness (QED) is 0.0886. The molecule has 0 unspecified atom stereocenters. The summed E-state index contributed by atoms with van der Waals surface area (Å²) >= 11 is 0. The molecule has 0 aromatic heterocycles. The van der Waals surface area contributed by atoms with Crippen LogP contribution in [0.25, 0.3) is 76.2 Å². The van der Waals surface area contributed by atoms with E-state index in [9.17, 15) is 0 Å². The Morgan fingerprint density at radius 1 is 0.170 bits per heavy atom. The molecule has 0 radical (unpaired) electrons. The molecule has 0 N–H and O–H groups in total. The van der Waals surface area contributed by atoms with Crippen molar-refractivity contribution in [2.75, 3.05) is 56.9 Å². The van der Waals surface area contributed by atoms with E-state index in [-0.39, 0.29) is 0 Å². The van der Waals surface area contributed by atoms with Crippen LogP contribution in [0, 0.1) is 0 Å². The van der Waals surface area contributed by atoms with E-state index in [4.69, 9.17) is 37.9 Å². The molecule has 0 aliphatic rings. The first-order valence-electron chi connectivity index (χ1n) is 31.2. The lowest BCUT2D eigenvalue weighted by Crippen LogP contribution is -2.22. The maximum atomic E-state index is 5.82. The van der Waals surface area contributed by atoms with Crippen LogP contribution in [0.5, 0.6) is 46.0 Å². The van der Waals surface area contributed by atoms with Crippen molar-refractivity contribution in [3.63, 3.8) is 0 Å². The fourth-order valence-electron chi connectivity index (χ4n) is 13.6. The highest BCUT2D eigenvalue weighted by Crippen LogP contribution is 2.37. The molecule has 14 aromatic carbocycles. The summed E-state index contributed by atoms with van der Waals surface area (Å²) in [5, 5.41) is 14.9. The van der Waals surface area contributed by atoms with Crippen LogP contribution in [-0.4, -0.2) is 56.9 Å². The number of rotatable bonds is 16. The zero-order valence-electron chi connectivity index (χ0n) is 53.7. The number of benzene rings is 14. The highest BCUT2D eigenvalue weighted by molar-refractivity contribution is 6.15. The molecule has 0 aliphatic heterocycles. The molecule has 0 heterocycles. The van der Waals surface area contributed by atoms with Gasteiger partial charge in [0.1, 0.15) is 46.0 Å². The van der Waals surface area contributed by atoms with E-state index in [2.05, 4.69) is 170 Å². The highest BCUT2D eigenvalue weighted by atomic mass is 16.5. The van der Waals surface area contributed by atoms with Crippen molar-refractivity contribution < 1.29 is 37.9 Å². The third-order valence-corrected chi connectivity index (χ3v) is 18.2. The van der Waals surface area contributed by atoms with Gasteiger partial charge in [-0.05, 0) is 263 Å². The minimum Gasteiger partial charge on any atom is -0.497 e. The standard InChI is InChI=1S/C86H68O8/c1-87-63-33-17-53(18-34-63)79(54-19-35-64(88-2)36-20-54)83-71-13-9-10-14-72(71)84(80(55-21-37-65(89-3)38-22-55)56-23-39-66(90-4)40-24-56)76-50-62-52-78-77(51-61(62)49-75(76)83)85(81(57-25-41-67(91-5)42-26-57)58-27-43-68(92-6)44-28-58)73-15-11-12-16-74(73)86(78)82(59-29-45-69(93-7)46-30-59)60-31-47-70(94-8)48-32-60/h9-52H,1-8H3. The third kappa shape index (κ3) is 11.0. The Morgan fingerprint density at radius 3 is 0.436 bits per heavy atom. The SMILES string of the molecule is COc1ccc(C(c2ccc(OC)cc2)=c2c3ccccc3c(=C(c3ccc(OC)cc3)c3ccc(OC)cc3)c3cc4cc5c(=C(c6ccc(OC)cc6)c6ccc(OC)cc6)c6ccccc6c(=C(c6ccc(OC)cc6)c6ccc(OC)cc6)c5cc4cc23)cc1. The second kappa shape index (κ2) is 25.9. The van der Waals surface area contributed by atoms with E-state index in [0.717, 1.165) is 188 Å². The van der Waals surface area contributed by atoms with Gasteiger partial charge in [0.25, 0.3) is 0 Å². The lowest BCUT2D eigenvalue weighted by molar-refractivity contribution is 0.414. The van der Waals surface area contributed by atoms with Gasteiger partial charge in [-0.1, -0.05) is 146 Å². The van der Waals surface area contributed by atoms with Crippen molar-refractivity contribution in [3.8, 4) is 46.0 Å². The first kappa shape index (κ1) is 59.9. The summed E-state index contributed by atoms with van der Waals surface area (Å²) in [6.45, 7) is 0. The van der Waals surface area contributed by atoms with E-state index in [1.165, 1.54) is 0 Å². The van der Waals surface area contributed by atoms with Crippen molar-refractivity contribution in [1.82, 2.24) is 0 Å². The summed E-state index contributed by atoms with van der Waals surface area (Å²) in [6.07, 6.45) is 0. The Morgan fingerprint density at radius 2 is 0.309 bits per heavy atom. The molecular weight excluding hydrogens is 1160 g/mol. The molecule has 0 bridgehead atoms. The molecule has 0 atom stereocenters. The molecule has 460 valence electrons. The highest BCUT2D eigenvalue weighted by Gasteiger charge is 2.23. The number of fused-ring (bicyclic) bond motifs is 5. The van der Waals surface area contributed by atoms with E-state index in [1.807, 2.05) is 97.1 Å². The van der Waals surface area contributed by atoms with Crippen molar-refractivity contribution in [2.24, 2.45) is 0 Å². The molecule has 0 spiro atoms. The predicted molar refractivity (Wildman–Crippen MR) is 383 cm³/mol. The second-order valence-electron chi connectivity index (χ2n) is 23.1. The molecule has 8 heteroatoms. The van der Waals surface area contributed by atoms with Gasteiger partial charge in [-0.15, -0.1) is 0 Å². The van der Waals surface area contributed by atoms with E-state index >= 15 is 0 Å². The van der Waals surface area contributed by atoms with E-state index < -0.39 is 0 Å². The molecule has 0 amide bonds. The van der Waals surface area contributed by atoms with Crippen LogP contribution in [0.2, 0.25) is 0 Å². The summed E-state index contributed by atoms with van der Waals surface area (Å²) in [5.74, 6) is 6.12. The molecule has 14 aromatic rings. The molecule has 0 saturated carbocycles. The van der Waals surface area contributed by atoms with Gasteiger partial charge >= 0.3 is 0 Å². The lowest BCUT2D eigenvalue weighted by atomic mass is 9.84. The smallest absolute Gasteiger partial charge is 0.118 e. The first-order chi connectivity index (χ1) is 46.2. The van der Waals surface area contributed by atoms with Gasteiger partial charge in [-0.25, -0.2) is 0 Å². The molecule has 0 saturated heterocycles. The molecule has 0 fully saturated rings. The number of hydrogen-bond acceptors (Lipinski definition) is 8. The normalized spacial score (nSPS) is 11.2.